The van der Waals surface area contributed by atoms with Crippen LogP contribution in [0.15, 0.2) is 4.99 Å². The van der Waals surface area contributed by atoms with Crippen LogP contribution in [0.25, 0.3) is 0 Å². The smallest absolute Gasteiger partial charge is 0.265 e. The van der Waals surface area contributed by atoms with E-state index in [0.717, 1.165) is 32.2 Å². The standard InChI is InChI=1S/C15H27N3O2/c1-4-13(19)12(16-3)7-5-6-9-18-15(20)14-11(2)8-10-17-14/h11-12,16H,4-10H2,1-3H3,(H,18,20). The summed E-state index contributed by atoms with van der Waals surface area (Å²) in [7, 11) is 1.82. The van der Waals surface area contributed by atoms with Gasteiger partial charge in [-0.05, 0) is 32.7 Å². The Morgan fingerprint density at radius 3 is 2.70 bits per heavy atom. The summed E-state index contributed by atoms with van der Waals surface area (Å²) in [5.41, 5.74) is 0.694. The molecule has 2 N–H and O–H groups in total. The number of nitrogens with one attached hydrogen (secondary N) is 2. The molecule has 0 radical (unpaired) electrons. The van der Waals surface area contributed by atoms with E-state index in [1.807, 2.05) is 20.9 Å². The van der Waals surface area contributed by atoms with Gasteiger partial charge in [-0.15, -0.1) is 0 Å². The number of Topliss-reactive ketones (excluding diaryl/α,β-unsaturated/α-hetero) is 1. The fraction of sp³-hybridized carbons (Fsp3) is 0.800. The van der Waals surface area contributed by atoms with E-state index in [1.54, 1.807) is 0 Å². The lowest BCUT2D eigenvalue weighted by atomic mass is 10.0. The number of amides is 1. The monoisotopic (exact) mass is 281 g/mol. The average molecular weight is 281 g/mol. The van der Waals surface area contributed by atoms with Crippen LogP contribution >= 0.6 is 0 Å². The number of carbonyl (C=O) groups excluding carboxylic acids is 2. The lowest BCUT2D eigenvalue weighted by Gasteiger charge is -2.14. The molecule has 114 valence electrons. The Bertz CT molecular complexity index is 366. The molecule has 0 fully saturated rings. The first-order valence-corrected chi connectivity index (χ1v) is 7.62. The fourth-order valence-electron chi connectivity index (χ4n) is 2.45. The predicted molar refractivity (Wildman–Crippen MR) is 81.1 cm³/mol. The van der Waals surface area contributed by atoms with Crippen LogP contribution in [0.3, 0.4) is 0 Å². The van der Waals surface area contributed by atoms with Crippen molar-refractivity contribution in [1.82, 2.24) is 10.6 Å². The van der Waals surface area contributed by atoms with Crippen molar-refractivity contribution in [2.24, 2.45) is 10.9 Å². The van der Waals surface area contributed by atoms with Crippen molar-refractivity contribution >= 4 is 17.4 Å². The lowest BCUT2D eigenvalue weighted by Crippen LogP contribution is -2.35. The molecule has 0 aromatic rings. The molecule has 1 heterocycles. The molecule has 0 bridgehead atoms. The largest absolute Gasteiger partial charge is 0.351 e. The highest BCUT2D eigenvalue weighted by atomic mass is 16.2. The van der Waals surface area contributed by atoms with Gasteiger partial charge in [-0.2, -0.15) is 0 Å². The molecule has 0 aliphatic carbocycles. The van der Waals surface area contributed by atoms with Crippen molar-refractivity contribution in [2.45, 2.75) is 52.0 Å². The van der Waals surface area contributed by atoms with E-state index in [9.17, 15) is 9.59 Å². The summed E-state index contributed by atoms with van der Waals surface area (Å²) in [6.45, 7) is 5.35. The summed E-state index contributed by atoms with van der Waals surface area (Å²) < 4.78 is 0. The molecular weight excluding hydrogens is 254 g/mol. The number of rotatable bonds is 9. The summed E-state index contributed by atoms with van der Waals surface area (Å²) in [4.78, 5) is 27.7. The molecule has 20 heavy (non-hydrogen) atoms. The van der Waals surface area contributed by atoms with E-state index in [4.69, 9.17) is 0 Å². The number of nitrogens with zero attached hydrogens (tertiary/aromatic N) is 1. The Kier molecular flexibility index (Phi) is 7.44. The molecular formula is C15H27N3O2. The van der Waals surface area contributed by atoms with Crippen LogP contribution in [0.4, 0.5) is 0 Å². The zero-order valence-corrected chi connectivity index (χ0v) is 12.9. The Hall–Kier alpha value is -1.23. The van der Waals surface area contributed by atoms with E-state index < -0.39 is 0 Å². The SMILES string of the molecule is CCC(=O)C(CCCCNC(=O)C1=NCCC1C)NC. The van der Waals surface area contributed by atoms with E-state index in [2.05, 4.69) is 15.6 Å². The highest BCUT2D eigenvalue weighted by Crippen LogP contribution is 2.12. The highest BCUT2D eigenvalue weighted by molar-refractivity contribution is 6.40. The van der Waals surface area contributed by atoms with E-state index >= 15 is 0 Å². The Morgan fingerprint density at radius 2 is 2.15 bits per heavy atom. The highest BCUT2D eigenvalue weighted by Gasteiger charge is 2.22. The molecule has 2 unspecified atom stereocenters. The minimum absolute atomic E-state index is 0.0233. The second-order valence-electron chi connectivity index (χ2n) is 5.37. The Labute approximate surface area is 121 Å². The first kappa shape index (κ1) is 16.8. The van der Waals surface area contributed by atoms with Gasteiger partial charge in [0.05, 0.1) is 6.04 Å². The maximum Gasteiger partial charge on any atom is 0.265 e. The van der Waals surface area contributed by atoms with Crippen molar-refractivity contribution in [3.05, 3.63) is 0 Å². The number of aliphatic imine (C=N–C) groups is 1. The summed E-state index contributed by atoms with van der Waals surface area (Å²) in [6, 6.07) is -0.0464. The molecule has 0 saturated heterocycles. The summed E-state index contributed by atoms with van der Waals surface area (Å²) in [5.74, 6) is 0.515. The van der Waals surface area contributed by atoms with E-state index in [1.165, 1.54) is 0 Å². The maximum absolute atomic E-state index is 11.9. The molecule has 0 saturated carbocycles. The molecule has 1 amide bonds. The number of ketones is 1. The van der Waals surface area contributed by atoms with Gasteiger partial charge in [-0.3, -0.25) is 14.6 Å². The molecule has 2 atom stereocenters. The lowest BCUT2D eigenvalue weighted by molar-refractivity contribution is -0.121. The fourth-order valence-corrected chi connectivity index (χ4v) is 2.45. The van der Waals surface area contributed by atoms with Gasteiger partial charge in [0.1, 0.15) is 11.5 Å². The van der Waals surface area contributed by atoms with Gasteiger partial charge in [0.25, 0.3) is 5.91 Å². The Balaban J connectivity index is 2.16. The molecule has 5 heteroatoms. The number of likely N-dealkylation sites (N-methyl/N-ethyl adjacent to an activating group) is 1. The molecule has 1 aliphatic rings. The van der Waals surface area contributed by atoms with Crippen LogP contribution in [-0.4, -0.2) is 43.6 Å². The van der Waals surface area contributed by atoms with Gasteiger partial charge >= 0.3 is 0 Å². The third kappa shape index (κ3) is 5.04. The summed E-state index contributed by atoms with van der Waals surface area (Å²) in [6.07, 6.45) is 4.20. The predicted octanol–water partition coefficient (Wildman–Crippen LogP) is 1.32. The van der Waals surface area contributed by atoms with Gasteiger partial charge in [0.15, 0.2) is 0 Å². The third-order valence-corrected chi connectivity index (χ3v) is 3.83. The molecule has 1 aliphatic heterocycles. The van der Waals surface area contributed by atoms with Gasteiger partial charge in [0, 0.05) is 25.4 Å². The Morgan fingerprint density at radius 1 is 1.40 bits per heavy atom. The molecule has 1 rings (SSSR count). The van der Waals surface area contributed by atoms with Crippen molar-refractivity contribution < 1.29 is 9.59 Å². The van der Waals surface area contributed by atoms with Crippen molar-refractivity contribution in [3.63, 3.8) is 0 Å². The number of hydrogen-bond acceptors (Lipinski definition) is 4. The minimum atomic E-state index is -0.0464. The molecule has 0 aromatic carbocycles. The second-order valence-corrected chi connectivity index (χ2v) is 5.37. The number of carbonyl (C=O) groups is 2. The topological polar surface area (TPSA) is 70.6 Å². The minimum Gasteiger partial charge on any atom is -0.351 e. The van der Waals surface area contributed by atoms with Crippen LogP contribution < -0.4 is 10.6 Å². The van der Waals surface area contributed by atoms with Gasteiger partial charge in [-0.1, -0.05) is 13.8 Å². The first-order chi connectivity index (χ1) is 9.60. The number of hydrogen-bond donors (Lipinski definition) is 2. The zero-order valence-electron chi connectivity index (χ0n) is 12.9. The van der Waals surface area contributed by atoms with Crippen molar-refractivity contribution in [2.75, 3.05) is 20.1 Å². The summed E-state index contributed by atoms with van der Waals surface area (Å²) in [5, 5.41) is 5.96. The third-order valence-electron chi connectivity index (χ3n) is 3.83. The van der Waals surface area contributed by atoms with Gasteiger partial charge < -0.3 is 10.6 Å². The normalized spacial score (nSPS) is 19.6. The summed E-state index contributed by atoms with van der Waals surface area (Å²) >= 11 is 0. The van der Waals surface area contributed by atoms with Gasteiger partial charge in [-0.25, -0.2) is 0 Å². The maximum atomic E-state index is 11.9. The zero-order chi connectivity index (χ0) is 15.0. The quantitative estimate of drug-likeness (QED) is 0.626. The van der Waals surface area contributed by atoms with E-state index in [0.29, 0.717) is 18.7 Å². The second kappa shape index (κ2) is 8.84. The van der Waals surface area contributed by atoms with Crippen LogP contribution in [0, 0.1) is 5.92 Å². The van der Waals surface area contributed by atoms with Crippen LogP contribution in [0.5, 0.6) is 0 Å². The van der Waals surface area contributed by atoms with Crippen LogP contribution in [-0.2, 0) is 9.59 Å². The van der Waals surface area contributed by atoms with Crippen molar-refractivity contribution in [3.8, 4) is 0 Å². The first-order valence-electron chi connectivity index (χ1n) is 7.62. The van der Waals surface area contributed by atoms with Crippen LogP contribution in [0.1, 0.15) is 46.0 Å². The number of unbranched alkanes of at least 4 members (excludes halogenated alkanes) is 1. The molecule has 5 nitrogen and oxygen atoms in total. The van der Waals surface area contributed by atoms with Crippen LogP contribution in [0.2, 0.25) is 0 Å². The molecule has 0 spiro atoms. The van der Waals surface area contributed by atoms with Crippen molar-refractivity contribution in [1.29, 1.82) is 0 Å². The van der Waals surface area contributed by atoms with E-state index in [-0.39, 0.29) is 23.7 Å². The average Bonchev–Trinajstić information content (AvgIpc) is 2.88. The van der Waals surface area contributed by atoms with Gasteiger partial charge in [0.2, 0.25) is 0 Å². The molecule has 0 aromatic heterocycles.